The number of nitrogens with zero attached hydrogens (tertiary/aromatic N) is 3. The summed E-state index contributed by atoms with van der Waals surface area (Å²) in [7, 11) is 0. The highest BCUT2D eigenvalue weighted by Crippen LogP contribution is 2.31. The minimum Gasteiger partial charge on any atom is -0.338 e. The molecule has 0 N–H and O–H groups in total. The van der Waals surface area contributed by atoms with Gasteiger partial charge in [0.2, 0.25) is 5.91 Å². The first-order valence-electron chi connectivity index (χ1n) is 10.6. The van der Waals surface area contributed by atoms with Crippen LogP contribution in [0.1, 0.15) is 34.1 Å². The Balaban J connectivity index is 1.43. The van der Waals surface area contributed by atoms with Crippen LogP contribution in [0.3, 0.4) is 0 Å². The molecule has 1 atom stereocenters. The van der Waals surface area contributed by atoms with Gasteiger partial charge in [-0.1, -0.05) is 54.6 Å². The smallest absolute Gasteiger partial charge is 0.223 e. The summed E-state index contributed by atoms with van der Waals surface area (Å²) in [5.41, 5.74) is 3.23. The van der Waals surface area contributed by atoms with E-state index in [9.17, 15) is 14.0 Å². The van der Waals surface area contributed by atoms with Gasteiger partial charge in [-0.3, -0.25) is 9.59 Å². The molecule has 1 amide bonds. The minimum atomic E-state index is -0.295. The van der Waals surface area contributed by atoms with Gasteiger partial charge in [-0.25, -0.2) is 9.37 Å². The van der Waals surface area contributed by atoms with Gasteiger partial charge < -0.3 is 9.47 Å². The van der Waals surface area contributed by atoms with Crippen LogP contribution in [0.15, 0.2) is 78.9 Å². The van der Waals surface area contributed by atoms with Crippen molar-refractivity contribution in [1.29, 1.82) is 0 Å². The summed E-state index contributed by atoms with van der Waals surface area (Å²) in [6, 6.07) is 23.1. The zero-order valence-corrected chi connectivity index (χ0v) is 17.4. The van der Waals surface area contributed by atoms with Crippen LogP contribution in [-0.4, -0.2) is 32.7 Å². The van der Waals surface area contributed by atoms with Crippen LogP contribution < -0.4 is 0 Å². The summed E-state index contributed by atoms with van der Waals surface area (Å²) in [5.74, 6) is 0.385. The summed E-state index contributed by atoms with van der Waals surface area (Å²) in [5, 5.41) is 0. The van der Waals surface area contributed by atoms with E-state index < -0.39 is 0 Å². The molecule has 1 aliphatic rings. The van der Waals surface area contributed by atoms with E-state index in [-0.39, 0.29) is 30.0 Å². The summed E-state index contributed by atoms with van der Waals surface area (Å²) < 4.78 is 15.2. The first-order valence-corrected chi connectivity index (χ1v) is 10.6. The first kappa shape index (κ1) is 20.1. The molecule has 0 saturated carbocycles. The largest absolute Gasteiger partial charge is 0.338 e. The fourth-order valence-electron chi connectivity index (χ4n) is 4.34. The first-order chi connectivity index (χ1) is 15.6. The molecule has 0 aliphatic carbocycles. The van der Waals surface area contributed by atoms with Crippen molar-refractivity contribution in [2.45, 2.75) is 25.4 Å². The van der Waals surface area contributed by atoms with Crippen molar-refractivity contribution in [3.05, 3.63) is 102 Å². The lowest BCUT2D eigenvalue weighted by Gasteiger charge is -2.17. The molecule has 3 aromatic carbocycles. The van der Waals surface area contributed by atoms with E-state index in [0.29, 0.717) is 25.1 Å². The fourth-order valence-corrected chi connectivity index (χ4v) is 4.34. The van der Waals surface area contributed by atoms with Gasteiger partial charge in [0.15, 0.2) is 5.78 Å². The topological polar surface area (TPSA) is 55.2 Å². The number of imidazole rings is 1. The summed E-state index contributed by atoms with van der Waals surface area (Å²) >= 11 is 0. The van der Waals surface area contributed by atoms with Crippen LogP contribution in [0, 0.1) is 5.82 Å². The van der Waals surface area contributed by atoms with E-state index in [1.165, 1.54) is 12.1 Å². The summed E-state index contributed by atoms with van der Waals surface area (Å²) in [6.45, 7) is 1.11. The molecule has 160 valence electrons. The molecule has 1 saturated heterocycles. The SMILES string of the molecule is O=C(Cn1c(C2CC(=O)N(Cc3ccc(F)cc3)C2)nc2ccccc21)c1ccccc1. The van der Waals surface area contributed by atoms with Crippen LogP contribution in [-0.2, 0) is 17.9 Å². The van der Waals surface area contributed by atoms with Crippen molar-refractivity contribution >= 4 is 22.7 Å². The number of ketones is 1. The Morgan fingerprint density at radius 2 is 1.69 bits per heavy atom. The average Bonchev–Trinajstić information content (AvgIpc) is 3.36. The van der Waals surface area contributed by atoms with Gasteiger partial charge in [0.05, 0.1) is 17.6 Å². The summed E-state index contributed by atoms with van der Waals surface area (Å²) in [6.07, 6.45) is 0.337. The van der Waals surface area contributed by atoms with Gasteiger partial charge in [-0.2, -0.15) is 0 Å². The van der Waals surface area contributed by atoms with Gasteiger partial charge in [0, 0.05) is 31.0 Å². The number of carbonyl (C=O) groups excluding carboxylic acids is 2. The molecule has 0 spiro atoms. The van der Waals surface area contributed by atoms with Gasteiger partial charge in [0.1, 0.15) is 11.6 Å². The third-order valence-electron chi connectivity index (χ3n) is 5.95. The van der Waals surface area contributed by atoms with Crippen molar-refractivity contribution in [3.8, 4) is 0 Å². The number of hydrogen-bond acceptors (Lipinski definition) is 3. The highest BCUT2D eigenvalue weighted by atomic mass is 19.1. The molecular formula is C26H22FN3O2. The van der Waals surface area contributed by atoms with Gasteiger partial charge in [-0.15, -0.1) is 0 Å². The molecule has 0 radical (unpaired) electrons. The third kappa shape index (κ3) is 3.91. The lowest BCUT2D eigenvalue weighted by molar-refractivity contribution is -0.128. The maximum absolute atomic E-state index is 13.2. The van der Waals surface area contributed by atoms with E-state index in [1.54, 1.807) is 17.0 Å². The Bertz CT molecular complexity index is 1280. The maximum atomic E-state index is 13.2. The second kappa shape index (κ2) is 8.38. The van der Waals surface area contributed by atoms with E-state index in [4.69, 9.17) is 4.98 Å². The zero-order chi connectivity index (χ0) is 22.1. The van der Waals surface area contributed by atoms with Crippen LogP contribution in [0.5, 0.6) is 0 Å². The maximum Gasteiger partial charge on any atom is 0.223 e. The Kier molecular flexibility index (Phi) is 5.27. The van der Waals surface area contributed by atoms with Crippen molar-refractivity contribution < 1.29 is 14.0 Å². The molecule has 2 heterocycles. The number of para-hydroxylation sites is 2. The predicted octanol–water partition coefficient (Wildman–Crippen LogP) is 4.57. The number of Topliss-reactive ketones (excluding diaryl/α,β-unsaturated/α-hetero) is 1. The van der Waals surface area contributed by atoms with E-state index in [2.05, 4.69) is 0 Å². The lowest BCUT2D eigenvalue weighted by atomic mass is 10.1. The van der Waals surface area contributed by atoms with Gasteiger partial charge in [-0.05, 0) is 29.8 Å². The summed E-state index contributed by atoms with van der Waals surface area (Å²) in [4.78, 5) is 32.3. The van der Waals surface area contributed by atoms with Crippen LogP contribution in [0.4, 0.5) is 4.39 Å². The van der Waals surface area contributed by atoms with Gasteiger partial charge in [0.25, 0.3) is 0 Å². The predicted molar refractivity (Wildman–Crippen MR) is 120 cm³/mol. The quantitative estimate of drug-likeness (QED) is 0.424. The lowest BCUT2D eigenvalue weighted by Crippen LogP contribution is -2.24. The number of hydrogen-bond donors (Lipinski definition) is 0. The molecule has 1 aliphatic heterocycles. The van der Waals surface area contributed by atoms with E-state index in [0.717, 1.165) is 22.4 Å². The van der Waals surface area contributed by atoms with E-state index in [1.807, 2.05) is 59.2 Å². The van der Waals surface area contributed by atoms with Crippen LogP contribution >= 0.6 is 0 Å². The number of halogens is 1. The number of likely N-dealkylation sites (tertiary alicyclic amines) is 1. The Morgan fingerprint density at radius 1 is 0.969 bits per heavy atom. The molecule has 6 heteroatoms. The molecular weight excluding hydrogens is 405 g/mol. The van der Waals surface area contributed by atoms with Crippen molar-refractivity contribution in [1.82, 2.24) is 14.5 Å². The highest BCUT2D eigenvalue weighted by molar-refractivity contribution is 5.96. The number of benzene rings is 3. The number of aromatic nitrogens is 2. The molecule has 4 aromatic rings. The Labute approximate surface area is 185 Å². The number of amides is 1. The molecule has 5 rings (SSSR count). The molecule has 1 fully saturated rings. The monoisotopic (exact) mass is 427 g/mol. The molecule has 5 nitrogen and oxygen atoms in total. The van der Waals surface area contributed by atoms with Crippen molar-refractivity contribution in [2.24, 2.45) is 0 Å². The normalized spacial score (nSPS) is 16.1. The molecule has 1 aromatic heterocycles. The number of rotatable bonds is 6. The second-order valence-electron chi connectivity index (χ2n) is 8.14. The van der Waals surface area contributed by atoms with Gasteiger partial charge >= 0.3 is 0 Å². The van der Waals surface area contributed by atoms with Crippen LogP contribution in [0.25, 0.3) is 11.0 Å². The standard InChI is InChI=1S/C26H22FN3O2/c27-21-12-10-18(11-13-21)15-29-16-20(14-25(29)32)26-28-22-8-4-5-9-23(22)30(26)17-24(31)19-6-2-1-3-7-19/h1-13,20H,14-17H2. The minimum absolute atomic E-state index is 0.00231. The molecule has 0 bridgehead atoms. The number of fused-ring (bicyclic) bond motifs is 1. The van der Waals surface area contributed by atoms with Crippen LogP contribution in [0.2, 0.25) is 0 Å². The Morgan fingerprint density at radius 3 is 2.47 bits per heavy atom. The van der Waals surface area contributed by atoms with Crippen molar-refractivity contribution in [2.75, 3.05) is 6.54 Å². The van der Waals surface area contributed by atoms with Crippen molar-refractivity contribution in [3.63, 3.8) is 0 Å². The highest BCUT2D eigenvalue weighted by Gasteiger charge is 2.34. The molecule has 1 unspecified atom stereocenters. The molecule has 32 heavy (non-hydrogen) atoms. The number of carbonyl (C=O) groups is 2. The second-order valence-corrected chi connectivity index (χ2v) is 8.14. The average molecular weight is 427 g/mol. The van der Waals surface area contributed by atoms with E-state index >= 15 is 0 Å². The third-order valence-corrected chi connectivity index (χ3v) is 5.95. The Hall–Kier alpha value is -3.80. The fraction of sp³-hybridized carbons (Fsp3) is 0.192. The zero-order valence-electron chi connectivity index (χ0n) is 17.4.